The summed E-state index contributed by atoms with van der Waals surface area (Å²) in [5.41, 5.74) is 0.340. The topological polar surface area (TPSA) is 52.6 Å². The molecule has 288 valence electrons. The van der Waals surface area contributed by atoms with Crippen molar-refractivity contribution in [3.8, 4) is 11.5 Å². The summed E-state index contributed by atoms with van der Waals surface area (Å²) in [7, 11) is -4.62. The first kappa shape index (κ1) is 39.4. The van der Waals surface area contributed by atoms with Crippen LogP contribution < -0.4 is 9.47 Å². The molecule has 55 heavy (non-hydrogen) atoms. The minimum Gasteiger partial charge on any atom is -0.405 e. The van der Waals surface area contributed by atoms with Crippen molar-refractivity contribution in [2.24, 2.45) is 0 Å². The highest BCUT2D eigenvalue weighted by atomic mass is 32.2. The number of rotatable bonds is 10. The fourth-order valence-electron chi connectivity index (χ4n) is 6.41. The SMILES string of the molecule is Cc1ccc(C2=CCC=C2c2cc(F)c(CS(=O)(=O)Cc3c(F)cc(C4=CCC=C4c4ccc(C)c(OC(F)(F)F)c4)cc3F)c(F)c2)cc1OC(F)(F)F. The molecule has 2 aliphatic carbocycles. The Balaban J connectivity index is 1.20. The molecule has 15 heteroatoms. The number of halogens is 10. The predicted molar refractivity (Wildman–Crippen MR) is 186 cm³/mol. The van der Waals surface area contributed by atoms with Crippen molar-refractivity contribution in [1.29, 1.82) is 0 Å². The Kier molecular flexibility index (Phi) is 10.6. The molecule has 0 radical (unpaired) electrons. The summed E-state index contributed by atoms with van der Waals surface area (Å²) < 4.78 is 174. The maximum Gasteiger partial charge on any atom is 0.573 e. The van der Waals surface area contributed by atoms with Gasteiger partial charge < -0.3 is 9.47 Å². The standard InChI is InChI=1S/C40H28F10O4S/c1-21-9-11-23(17-37(21)53-39(45,46)47)27-5-3-7-29(27)25-13-33(41)31(34(42)14-25)19-55(51,52)20-32-35(43)15-26(16-36(32)44)30-8-4-6-28(30)24-12-10-22(2)38(18-24)54-40(48,49)50/h5-18H,3-4,19-20H2,1-2H3. The minimum atomic E-state index is -4.96. The number of benzene rings is 4. The summed E-state index contributed by atoms with van der Waals surface area (Å²) in [4.78, 5) is 0. The first-order valence-electron chi connectivity index (χ1n) is 16.4. The predicted octanol–water partition coefficient (Wildman–Crippen LogP) is 11.5. The first-order chi connectivity index (χ1) is 25.7. The van der Waals surface area contributed by atoms with E-state index in [4.69, 9.17) is 0 Å². The minimum absolute atomic E-state index is 0.0317. The van der Waals surface area contributed by atoms with E-state index in [-0.39, 0.29) is 57.4 Å². The highest BCUT2D eigenvalue weighted by Gasteiger charge is 2.33. The van der Waals surface area contributed by atoms with Gasteiger partial charge in [-0.3, -0.25) is 0 Å². The molecular formula is C40H28F10O4S. The largest absolute Gasteiger partial charge is 0.573 e. The molecule has 0 amide bonds. The zero-order valence-electron chi connectivity index (χ0n) is 28.7. The van der Waals surface area contributed by atoms with Gasteiger partial charge in [-0.1, -0.05) is 48.6 Å². The Hall–Kier alpha value is -5.31. The van der Waals surface area contributed by atoms with Gasteiger partial charge in [0.2, 0.25) is 0 Å². The molecule has 0 aliphatic heterocycles. The van der Waals surface area contributed by atoms with Crippen molar-refractivity contribution in [2.45, 2.75) is 50.9 Å². The number of ether oxygens (including phenoxy) is 2. The Morgan fingerprint density at radius 1 is 0.509 bits per heavy atom. The van der Waals surface area contributed by atoms with Crippen molar-refractivity contribution < 1.29 is 61.8 Å². The molecule has 0 N–H and O–H groups in total. The van der Waals surface area contributed by atoms with Gasteiger partial charge in [0, 0.05) is 11.1 Å². The summed E-state index contributed by atoms with van der Waals surface area (Å²) in [5.74, 6) is -8.57. The summed E-state index contributed by atoms with van der Waals surface area (Å²) in [6, 6.07) is 11.5. The van der Waals surface area contributed by atoms with Crippen LogP contribution in [0.25, 0.3) is 22.3 Å². The van der Waals surface area contributed by atoms with Gasteiger partial charge in [-0.05, 0) is 119 Å². The Labute approximate surface area is 308 Å². The van der Waals surface area contributed by atoms with Crippen LogP contribution in [-0.4, -0.2) is 21.1 Å². The van der Waals surface area contributed by atoms with Gasteiger partial charge in [0.15, 0.2) is 9.84 Å². The molecule has 4 nitrogen and oxygen atoms in total. The van der Waals surface area contributed by atoms with Gasteiger partial charge in [-0.25, -0.2) is 26.0 Å². The normalized spacial score (nSPS) is 14.8. The van der Waals surface area contributed by atoms with Gasteiger partial charge in [0.05, 0.1) is 11.5 Å². The molecule has 0 saturated carbocycles. The smallest absolute Gasteiger partial charge is 0.405 e. The Bertz CT molecular complexity index is 2230. The van der Waals surface area contributed by atoms with E-state index < -0.39 is 80.0 Å². The van der Waals surface area contributed by atoms with Crippen molar-refractivity contribution in [2.75, 3.05) is 0 Å². The summed E-state index contributed by atoms with van der Waals surface area (Å²) >= 11 is 0. The van der Waals surface area contributed by atoms with Crippen LogP contribution in [0.5, 0.6) is 11.5 Å². The molecule has 0 spiro atoms. The van der Waals surface area contributed by atoms with E-state index in [1.807, 2.05) is 0 Å². The maximum atomic E-state index is 15.4. The second-order valence-electron chi connectivity index (χ2n) is 12.9. The maximum absolute atomic E-state index is 15.4. The van der Waals surface area contributed by atoms with Crippen molar-refractivity contribution >= 4 is 32.1 Å². The zero-order valence-corrected chi connectivity index (χ0v) is 29.5. The van der Waals surface area contributed by atoms with Crippen LogP contribution in [0, 0.1) is 37.1 Å². The number of aryl methyl sites for hydroxylation is 2. The van der Waals surface area contributed by atoms with Gasteiger partial charge in [-0.15, -0.1) is 26.3 Å². The van der Waals surface area contributed by atoms with Gasteiger partial charge in [-0.2, -0.15) is 0 Å². The van der Waals surface area contributed by atoms with Crippen molar-refractivity contribution in [1.82, 2.24) is 0 Å². The van der Waals surface area contributed by atoms with Gasteiger partial charge in [0.25, 0.3) is 0 Å². The molecule has 0 bridgehead atoms. The molecule has 0 fully saturated rings. The fraction of sp³-hybridized carbons (Fsp3) is 0.200. The third kappa shape index (κ3) is 8.98. The van der Waals surface area contributed by atoms with E-state index in [1.165, 1.54) is 38.1 Å². The lowest BCUT2D eigenvalue weighted by atomic mass is 9.93. The molecule has 6 rings (SSSR count). The molecule has 0 aromatic heterocycles. The van der Waals surface area contributed by atoms with Crippen molar-refractivity contribution in [3.63, 3.8) is 0 Å². The van der Waals surface area contributed by atoms with Crippen LogP contribution in [0.2, 0.25) is 0 Å². The second-order valence-corrected chi connectivity index (χ2v) is 14.9. The van der Waals surface area contributed by atoms with Crippen molar-refractivity contribution in [3.05, 3.63) is 153 Å². The lowest BCUT2D eigenvalue weighted by Gasteiger charge is -2.16. The van der Waals surface area contributed by atoms with Crippen LogP contribution in [0.1, 0.15) is 57.3 Å². The van der Waals surface area contributed by atoms with E-state index in [2.05, 4.69) is 9.47 Å². The average molecular weight is 795 g/mol. The first-order valence-corrected chi connectivity index (χ1v) is 18.2. The summed E-state index contributed by atoms with van der Waals surface area (Å²) in [6.45, 7) is 2.82. The highest BCUT2D eigenvalue weighted by Crippen LogP contribution is 2.42. The molecule has 4 aromatic rings. The van der Waals surface area contributed by atoms with E-state index >= 15 is 17.6 Å². The number of hydrogen-bond donors (Lipinski definition) is 0. The number of alkyl halides is 6. The number of sulfone groups is 1. The van der Waals surface area contributed by atoms with Gasteiger partial charge in [0.1, 0.15) is 34.8 Å². The van der Waals surface area contributed by atoms with Crippen LogP contribution in [0.4, 0.5) is 43.9 Å². The monoisotopic (exact) mass is 794 g/mol. The molecular weight excluding hydrogens is 766 g/mol. The average Bonchev–Trinajstić information content (AvgIpc) is 3.76. The van der Waals surface area contributed by atoms with Crippen LogP contribution >= 0.6 is 0 Å². The Morgan fingerprint density at radius 2 is 0.818 bits per heavy atom. The lowest BCUT2D eigenvalue weighted by Crippen LogP contribution is -2.17. The molecule has 0 heterocycles. The molecule has 0 saturated heterocycles. The second kappa shape index (κ2) is 14.7. The lowest BCUT2D eigenvalue weighted by molar-refractivity contribution is -0.275. The molecule has 0 atom stereocenters. The van der Waals surface area contributed by atoms with E-state index in [1.54, 1.807) is 24.3 Å². The Morgan fingerprint density at radius 3 is 1.13 bits per heavy atom. The fourth-order valence-corrected chi connectivity index (χ4v) is 7.94. The van der Waals surface area contributed by atoms with E-state index in [9.17, 15) is 34.8 Å². The van der Waals surface area contributed by atoms with Crippen LogP contribution in [-0.2, 0) is 21.3 Å². The number of allylic oxidation sites excluding steroid dienone is 8. The third-order valence-electron chi connectivity index (χ3n) is 8.95. The van der Waals surface area contributed by atoms with Gasteiger partial charge >= 0.3 is 12.7 Å². The van der Waals surface area contributed by atoms with E-state index in [0.29, 0.717) is 11.1 Å². The molecule has 4 aromatic carbocycles. The highest BCUT2D eigenvalue weighted by molar-refractivity contribution is 7.89. The van der Waals surface area contributed by atoms with E-state index in [0.717, 1.165) is 36.4 Å². The van der Waals surface area contributed by atoms with Crippen LogP contribution in [0.3, 0.4) is 0 Å². The van der Waals surface area contributed by atoms with Crippen LogP contribution in [0.15, 0.2) is 85.0 Å². The summed E-state index contributed by atoms with van der Waals surface area (Å²) in [5, 5.41) is 0. The quantitative estimate of drug-likeness (QED) is 0.150. The molecule has 2 aliphatic rings. The zero-order chi connectivity index (χ0) is 40.0. The third-order valence-corrected chi connectivity index (χ3v) is 10.4. The summed E-state index contributed by atoms with van der Waals surface area (Å²) in [6.07, 6.45) is -2.93. The number of hydrogen-bond acceptors (Lipinski definition) is 4. The molecule has 0 unspecified atom stereocenters.